The number of hydrogen-bond acceptors (Lipinski definition) is 6. The third-order valence-electron chi connectivity index (χ3n) is 5.64. The Morgan fingerprint density at radius 3 is 2.70 bits per heavy atom. The van der Waals surface area contributed by atoms with E-state index < -0.39 is 5.76 Å². The zero-order valence-electron chi connectivity index (χ0n) is 18.1. The van der Waals surface area contributed by atoms with Gasteiger partial charge in [-0.3, -0.25) is 19.1 Å². The Balaban J connectivity index is 1.36. The highest BCUT2D eigenvalue weighted by Gasteiger charge is 2.16. The van der Waals surface area contributed by atoms with Gasteiger partial charge in [0.2, 0.25) is 5.91 Å². The Labute approximate surface area is 195 Å². The van der Waals surface area contributed by atoms with E-state index in [1.165, 1.54) is 43.9 Å². The molecule has 33 heavy (non-hydrogen) atoms. The van der Waals surface area contributed by atoms with Gasteiger partial charge in [0.05, 0.1) is 11.3 Å². The molecule has 1 aromatic heterocycles. The van der Waals surface area contributed by atoms with E-state index in [1.54, 1.807) is 36.4 Å². The van der Waals surface area contributed by atoms with Gasteiger partial charge in [-0.1, -0.05) is 48.7 Å². The minimum Gasteiger partial charge on any atom is -0.355 e. The number of amides is 2. The van der Waals surface area contributed by atoms with Crippen molar-refractivity contribution < 1.29 is 14.1 Å². The first kappa shape index (κ1) is 22.8. The summed E-state index contributed by atoms with van der Waals surface area (Å²) in [5, 5.41) is 9.57. The van der Waals surface area contributed by atoms with Gasteiger partial charge in [0, 0.05) is 22.7 Å². The Kier molecular flexibility index (Phi) is 7.62. The van der Waals surface area contributed by atoms with E-state index in [0.717, 1.165) is 11.4 Å². The predicted molar refractivity (Wildman–Crippen MR) is 127 cm³/mol. The van der Waals surface area contributed by atoms with Crippen molar-refractivity contribution in [3.8, 4) is 11.4 Å². The summed E-state index contributed by atoms with van der Waals surface area (Å²) in [5.74, 6) is 0.170. The van der Waals surface area contributed by atoms with Crippen LogP contribution in [0.15, 0.2) is 62.7 Å². The SMILES string of the molecule is O=C(CSc1ccccc1C(=O)Nc1cccc(-c2noc(=O)[nH]2)c1)NCC1CCCCC1. The minimum atomic E-state index is -0.645. The summed E-state index contributed by atoms with van der Waals surface area (Å²) in [6, 6.07) is 14.1. The number of carbonyl (C=O) groups is 2. The van der Waals surface area contributed by atoms with Crippen LogP contribution in [0.5, 0.6) is 0 Å². The molecule has 1 fully saturated rings. The molecule has 2 amide bonds. The Bertz CT molecular complexity index is 1170. The number of nitrogens with one attached hydrogen (secondary N) is 3. The fourth-order valence-electron chi connectivity index (χ4n) is 3.92. The van der Waals surface area contributed by atoms with E-state index in [2.05, 4.69) is 25.3 Å². The summed E-state index contributed by atoms with van der Waals surface area (Å²) in [7, 11) is 0. The minimum absolute atomic E-state index is 0.0184. The van der Waals surface area contributed by atoms with E-state index in [9.17, 15) is 14.4 Å². The smallest absolute Gasteiger partial charge is 0.355 e. The number of nitrogens with zero attached hydrogens (tertiary/aromatic N) is 1. The number of carbonyl (C=O) groups excluding carboxylic acids is 2. The summed E-state index contributed by atoms with van der Waals surface area (Å²) in [6.07, 6.45) is 6.16. The van der Waals surface area contributed by atoms with Gasteiger partial charge in [-0.05, 0) is 43.0 Å². The van der Waals surface area contributed by atoms with Gasteiger partial charge in [-0.15, -0.1) is 11.8 Å². The normalized spacial score (nSPS) is 14.1. The lowest BCUT2D eigenvalue weighted by Gasteiger charge is -2.21. The summed E-state index contributed by atoms with van der Waals surface area (Å²) in [4.78, 5) is 39.7. The van der Waals surface area contributed by atoms with E-state index in [0.29, 0.717) is 22.7 Å². The quantitative estimate of drug-likeness (QED) is 0.431. The number of hydrogen-bond donors (Lipinski definition) is 3. The average molecular weight is 467 g/mol. The zero-order valence-corrected chi connectivity index (χ0v) is 19.0. The molecule has 0 unspecified atom stereocenters. The largest absolute Gasteiger partial charge is 0.439 e. The summed E-state index contributed by atoms with van der Waals surface area (Å²) >= 11 is 1.35. The van der Waals surface area contributed by atoms with Crippen molar-refractivity contribution in [1.29, 1.82) is 0 Å². The number of aromatic nitrogens is 2. The van der Waals surface area contributed by atoms with Crippen molar-refractivity contribution in [2.24, 2.45) is 5.92 Å². The van der Waals surface area contributed by atoms with E-state index >= 15 is 0 Å². The molecule has 3 N–H and O–H groups in total. The van der Waals surface area contributed by atoms with Gasteiger partial charge in [0.25, 0.3) is 5.91 Å². The van der Waals surface area contributed by atoms with Crippen LogP contribution in [0.4, 0.5) is 5.69 Å². The molecule has 0 spiro atoms. The van der Waals surface area contributed by atoms with E-state index in [-0.39, 0.29) is 23.4 Å². The number of thioether (sulfide) groups is 1. The molecule has 0 atom stereocenters. The predicted octanol–water partition coefficient (Wildman–Crippen LogP) is 4.07. The zero-order chi connectivity index (χ0) is 23.0. The third kappa shape index (κ3) is 6.35. The fourth-order valence-corrected chi connectivity index (χ4v) is 4.80. The molecule has 1 heterocycles. The van der Waals surface area contributed by atoms with Crippen molar-refractivity contribution in [2.75, 3.05) is 17.6 Å². The van der Waals surface area contributed by atoms with Crippen molar-refractivity contribution in [1.82, 2.24) is 15.5 Å². The number of aromatic amines is 1. The molecule has 172 valence electrons. The molecule has 9 heteroatoms. The van der Waals surface area contributed by atoms with Gasteiger partial charge < -0.3 is 10.6 Å². The Morgan fingerprint density at radius 2 is 1.91 bits per heavy atom. The number of anilines is 1. The number of rotatable bonds is 8. The van der Waals surface area contributed by atoms with Crippen LogP contribution in [0.3, 0.4) is 0 Å². The first-order chi connectivity index (χ1) is 16.1. The van der Waals surface area contributed by atoms with Crippen LogP contribution in [0, 0.1) is 5.92 Å². The Morgan fingerprint density at radius 1 is 1.09 bits per heavy atom. The van der Waals surface area contributed by atoms with Crippen LogP contribution in [0.25, 0.3) is 11.4 Å². The standard InChI is InChI=1S/C24H26N4O4S/c29-21(25-14-16-7-2-1-3-8-16)15-33-20-12-5-4-11-19(20)23(30)26-18-10-6-9-17(13-18)22-27-24(31)32-28-22/h4-6,9-13,16H,1-3,7-8,14-15H2,(H,25,29)(H,26,30)(H,27,28,31). The van der Waals surface area contributed by atoms with Gasteiger partial charge in [-0.2, -0.15) is 0 Å². The van der Waals surface area contributed by atoms with E-state index in [4.69, 9.17) is 0 Å². The number of benzene rings is 2. The average Bonchev–Trinajstić information content (AvgIpc) is 3.29. The highest BCUT2D eigenvalue weighted by Crippen LogP contribution is 2.25. The lowest BCUT2D eigenvalue weighted by Crippen LogP contribution is -2.31. The van der Waals surface area contributed by atoms with Crippen molar-refractivity contribution in [2.45, 2.75) is 37.0 Å². The highest BCUT2D eigenvalue weighted by atomic mass is 32.2. The maximum atomic E-state index is 12.9. The van der Waals surface area contributed by atoms with Crippen molar-refractivity contribution in [3.63, 3.8) is 0 Å². The topological polar surface area (TPSA) is 117 Å². The van der Waals surface area contributed by atoms with Crippen LogP contribution < -0.4 is 16.4 Å². The van der Waals surface area contributed by atoms with Gasteiger partial charge in [0.1, 0.15) is 0 Å². The third-order valence-corrected chi connectivity index (χ3v) is 6.71. The second-order valence-electron chi connectivity index (χ2n) is 8.07. The lowest BCUT2D eigenvalue weighted by molar-refractivity contribution is -0.118. The molecule has 0 aliphatic heterocycles. The van der Waals surface area contributed by atoms with Crippen molar-refractivity contribution >= 4 is 29.3 Å². The summed E-state index contributed by atoms with van der Waals surface area (Å²) in [5.41, 5.74) is 1.64. The second kappa shape index (κ2) is 11.0. The fraction of sp³-hybridized carbons (Fsp3) is 0.333. The van der Waals surface area contributed by atoms with Crippen LogP contribution in [-0.2, 0) is 4.79 Å². The first-order valence-electron chi connectivity index (χ1n) is 11.0. The monoisotopic (exact) mass is 466 g/mol. The van der Waals surface area contributed by atoms with Crippen LogP contribution >= 0.6 is 11.8 Å². The molecule has 0 saturated heterocycles. The molecular weight excluding hydrogens is 440 g/mol. The number of H-pyrrole nitrogens is 1. The molecular formula is C24H26N4O4S. The summed E-state index contributed by atoms with van der Waals surface area (Å²) in [6.45, 7) is 0.731. The maximum Gasteiger partial charge on any atom is 0.439 e. The highest BCUT2D eigenvalue weighted by molar-refractivity contribution is 8.00. The molecule has 1 saturated carbocycles. The van der Waals surface area contributed by atoms with Crippen molar-refractivity contribution in [3.05, 3.63) is 64.6 Å². The lowest BCUT2D eigenvalue weighted by atomic mass is 9.89. The van der Waals surface area contributed by atoms with Gasteiger partial charge in [0.15, 0.2) is 5.82 Å². The van der Waals surface area contributed by atoms with Crippen LogP contribution in [0.1, 0.15) is 42.5 Å². The molecule has 3 aromatic rings. The molecule has 2 aromatic carbocycles. The van der Waals surface area contributed by atoms with Gasteiger partial charge in [-0.25, -0.2) is 4.79 Å². The summed E-state index contributed by atoms with van der Waals surface area (Å²) < 4.78 is 4.54. The van der Waals surface area contributed by atoms with Gasteiger partial charge >= 0.3 is 5.76 Å². The van der Waals surface area contributed by atoms with Crippen LogP contribution in [-0.4, -0.2) is 34.3 Å². The first-order valence-corrected chi connectivity index (χ1v) is 12.0. The molecule has 1 aliphatic rings. The molecule has 0 radical (unpaired) electrons. The maximum absolute atomic E-state index is 12.9. The Hall–Kier alpha value is -3.33. The molecule has 8 nitrogen and oxygen atoms in total. The molecule has 0 bridgehead atoms. The second-order valence-corrected chi connectivity index (χ2v) is 9.09. The molecule has 4 rings (SSSR count). The van der Waals surface area contributed by atoms with E-state index in [1.807, 2.05) is 12.1 Å². The van der Waals surface area contributed by atoms with Crippen LogP contribution in [0.2, 0.25) is 0 Å². The molecule has 1 aliphatic carbocycles.